The lowest BCUT2D eigenvalue weighted by Gasteiger charge is -2.04. The average Bonchev–Trinajstić information content (AvgIpc) is 2.34. The van der Waals surface area contributed by atoms with Gasteiger partial charge in [0, 0.05) is 5.56 Å². The van der Waals surface area contributed by atoms with E-state index < -0.39 is 22.5 Å². The Kier molecular flexibility index (Phi) is 4.85. The van der Waals surface area contributed by atoms with Crippen LogP contribution >= 0.6 is 0 Å². The van der Waals surface area contributed by atoms with Gasteiger partial charge in [-0.05, 0) is 24.3 Å². The maximum atomic E-state index is 11.6. The molecule has 0 aromatic heterocycles. The van der Waals surface area contributed by atoms with E-state index in [0.717, 1.165) is 0 Å². The SMILES string of the molecule is NCC#Cc1ccc(S(=O)(=O)NCC(=O)O)cc1. The number of rotatable bonds is 4. The molecule has 0 bridgehead atoms. The Morgan fingerprint density at radius 1 is 1.33 bits per heavy atom. The van der Waals surface area contributed by atoms with Crippen molar-refractivity contribution < 1.29 is 18.3 Å². The third-order valence-electron chi connectivity index (χ3n) is 1.91. The number of aliphatic carboxylic acids is 1. The molecule has 0 heterocycles. The first-order valence-electron chi connectivity index (χ1n) is 4.96. The van der Waals surface area contributed by atoms with Gasteiger partial charge in [0.25, 0.3) is 0 Å². The Balaban J connectivity index is 2.87. The summed E-state index contributed by atoms with van der Waals surface area (Å²) in [5, 5.41) is 8.41. The third-order valence-corrected chi connectivity index (χ3v) is 3.33. The van der Waals surface area contributed by atoms with E-state index in [2.05, 4.69) is 11.8 Å². The van der Waals surface area contributed by atoms with Crippen LogP contribution in [0, 0.1) is 11.8 Å². The second-order valence-electron chi connectivity index (χ2n) is 3.25. The molecule has 0 aliphatic carbocycles. The molecule has 0 saturated heterocycles. The van der Waals surface area contributed by atoms with Crippen LogP contribution < -0.4 is 10.5 Å². The smallest absolute Gasteiger partial charge is 0.318 e. The molecule has 0 aliphatic rings. The molecule has 18 heavy (non-hydrogen) atoms. The van der Waals surface area contributed by atoms with Crippen molar-refractivity contribution in [1.29, 1.82) is 0 Å². The van der Waals surface area contributed by atoms with Crippen LogP contribution in [0.15, 0.2) is 29.2 Å². The summed E-state index contributed by atoms with van der Waals surface area (Å²) in [4.78, 5) is 10.3. The van der Waals surface area contributed by atoms with Crippen LogP contribution in [0.1, 0.15) is 5.56 Å². The van der Waals surface area contributed by atoms with Crippen molar-refractivity contribution in [3.05, 3.63) is 29.8 Å². The van der Waals surface area contributed by atoms with E-state index in [1.165, 1.54) is 24.3 Å². The topological polar surface area (TPSA) is 109 Å². The monoisotopic (exact) mass is 268 g/mol. The molecular weight excluding hydrogens is 256 g/mol. The van der Waals surface area contributed by atoms with Crippen LogP contribution in [0.4, 0.5) is 0 Å². The molecule has 0 radical (unpaired) electrons. The second kappa shape index (κ2) is 6.16. The fourth-order valence-corrected chi connectivity index (χ4v) is 2.09. The van der Waals surface area contributed by atoms with E-state index in [1.54, 1.807) is 0 Å². The predicted octanol–water partition coefficient (Wildman–Crippen LogP) is -0.640. The minimum Gasteiger partial charge on any atom is -0.480 e. The van der Waals surface area contributed by atoms with E-state index in [0.29, 0.717) is 5.56 Å². The molecule has 1 aromatic rings. The normalized spacial score (nSPS) is 10.5. The third kappa shape index (κ3) is 4.18. The van der Waals surface area contributed by atoms with Gasteiger partial charge in [-0.2, -0.15) is 4.72 Å². The average molecular weight is 268 g/mol. The van der Waals surface area contributed by atoms with Crippen LogP contribution in [0.5, 0.6) is 0 Å². The lowest BCUT2D eigenvalue weighted by Crippen LogP contribution is -2.29. The molecule has 0 fully saturated rings. The van der Waals surface area contributed by atoms with Gasteiger partial charge >= 0.3 is 5.97 Å². The van der Waals surface area contributed by atoms with Crippen LogP contribution in [-0.2, 0) is 14.8 Å². The Morgan fingerprint density at radius 3 is 2.44 bits per heavy atom. The van der Waals surface area contributed by atoms with Crippen molar-refractivity contribution in [2.75, 3.05) is 13.1 Å². The molecule has 96 valence electrons. The highest BCUT2D eigenvalue weighted by Crippen LogP contribution is 2.09. The number of nitrogens with one attached hydrogen (secondary N) is 1. The minimum absolute atomic E-state index is 0.0120. The standard InChI is InChI=1S/C11H12N2O4S/c12-7-1-2-9-3-5-10(6-4-9)18(16,17)13-8-11(14)15/h3-6,13H,7-8,12H2,(H,14,15). The van der Waals surface area contributed by atoms with Crippen molar-refractivity contribution in [3.63, 3.8) is 0 Å². The van der Waals surface area contributed by atoms with Crippen LogP contribution in [-0.4, -0.2) is 32.6 Å². The molecule has 4 N–H and O–H groups in total. The van der Waals surface area contributed by atoms with Crippen LogP contribution in [0.3, 0.4) is 0 Å². The summed E-state index contributed by atoms with van der Waals surface area (Å²) in [6.45, 7) is -0.433. The highest BCUT2D eigenvalue weighted by molar-refractivity contribution is 7.89. The van der Waals surface area contributed by atoms with Gasteiger partial charge in [0.2, 0.25) is 10.0 Å². The van der Waals surface area contributed by atoms with Gasteiger partial charge in [0.15, 0.2) is 0 Å². The molecule has 0 unspecified atom stereocenters. The first-order chi connectivity index (χ1) is 8.45. The van der Waals surface area contributed by atoms with E-state index in [1.807, 2.05) is 4.72 Å². The fourth-order valence-electron chi connectivity index (χ4n) is 1.11. The first kappa shape index (κ1) is 14.2. The number of hydrogen-bond donors (Lipinski definition) is 3. The number of benzene rings is 1. The highest BCUT2D eigenvalue weighted by Gasteiger charge is 2.14. The van der Waals surface area contributed by atoms with Gasteiger partial charge in [-0.1, -0.05) is 11.8 Å². The summed E-state index contributed by atoms with van der Waals surface area (Å²) in [6.07, 6.45) is 0. The largest absolute Gasteiger partial charge is 0.480 e. The van der Waals surface area contributed by atoms with Crippen molar-refractivity contribution in [2.24, 2.45) is 5.73 Å². The summed E-state index contributed by atoms with van der Waals surface area (Å²) in [5.74, 6) is 4.14. The summed E-state index contributed by atoms with van der Waals surface area (Å²) >= 11 is 0. The van der Waals surface area contributed by atoms with Gasteiger partial charge < -0.3 is 10.8 Å². The van der Waals surface area contributed by atoms with E-state index in [4.69, 9.17) is 10.8 Å². The van der Waals surface area contributed by atoms with Gasteiger partial charge in [-0.3, -0.25) is 4.79 Å². The lowest BCUT2D eigenvalue weighted by atomic mass is 10.2. The quantitative estimate of drug-likeness (QED) is 0.629. The Morgan fingerprint density at radius 2 is 1.94 bits per heavy atom. The maximum Gasteiger partial charge on any atom is 0.318 e. The maximum absolute atomic E-state index is 11.6. The number of carbonyl (C=O) groups is 1. The summed E-state index contributed by atoms with van der Waals surface area (Å²) in [5.41, 5.74) is 5.84. The van der Waals surface area contributed by atoms with E-state index in [9.17, 15) is 13.2 Å². The van der Waals surface area contributed by atoms with Crippen LogP contribution in [0.2, 0.25) is 0 Å². The van der Waals surface area contributed by atoms with Gasteiger partial charge in [-0.25, -0.2) is 8.42 Å². The molecule has 1 aromatic carbocycles. The summed E-state index contributed by atoms with van der Waals surface area (Å²) in [7, 11) is -3.80. The summed E-state index contributed by atoms with van der Waals surface area (Å²) < 4.78 is 25.2. The first-order valence-corrected chi connectivity index (χ1v) is 6.44. The molecule has 7 heteroatoms. The predicted molar refractivity (Wildman–Crippen MR) is 65.2 cm³/mol. The molecule has 0 saturated carbocycles. The Hall–Kier alpha value is -1.88. The molecule has 0 amide bonds. The van der Waals surface area contributed by atoms with Crippen molar-refractivity contribution in [3.8, 4) is 11.8 Å². The van der Waals surface area contributed by atoms with E-state index in [-0.39, 0.29) is 11.4 Å². The molecule has 6 nitrogen and oxygen atoms in total. The molecule has 1 rings (SSSR count). The number of sulfonamides is 1. The summed E-state index contributed by atoms with van der Waals surface area (Å²) in [6, 6.07) is 5.76. The molecule has 0 spiro atoms. The minimum atomic E-state index is -3.80. The lowest BCUT2D eigenvalue weighted by molar-refractivity contribution is -0.135. The van der Waals surface area contributed by atoms with Crippen molar-refractivity contribution in [1.82, 2.24) is 4.72 Å². The zero-order valence-corrected chi connectivity index (χ0v) is 10.2. The van der Waals surface area contributed by atoms with Gasteiger partial charge in [-0.15, -0.1) is 0 Å². The Bertz CT molecular complexity index is 582. The fraction of sp³-hybridized carbons (Fsp3) is 0.182. The molecular formula is C11H12N2O4S. The molecule has 0 atom stereocenters. The number of carboxylic acids is 1. The van der Waals surface area contributed by atoms with Crippen molar-refractivity contribution >= 4 is 16.0 Å². The number of carboxylic acid groups (broad SMARTS) is 1. The number of hydrogen-bond acceptors (Lipinski definition) is 4. The van der Waals surface area contributed by atoms with Crippen molar-refractivity contribution in [2.45, 2.75) is 4.90 Å². The highest BCUT2D eigenvalue weighted by atomic mass is 32.2. The zero-order chi connectivity index (χ0) is 13.6. The van der Waals surface area contributed by atoms with Gasteiger partial charge in [0.1, 0.15) is 6.54 Å². The van der Waals surface area contributed by atoms with Gasteiger partial charge in [0.05, 0.1) is 11.4 Å². The zero-order valence-electron chi connectivity index (χ0n) is 9.38. The Labute approximate surface area is 105 Å². The molecule has 0 aliphatic heterocycles. The van der Waals surface area contributed by atoms with Crippen LogP contribution in [0.25, 0.3) is 0 Å². The second-order valence-corrected chi connectivity index (χ2v) is 5.02. The number of nitrogens with two attached hydrogens (primary N) is 1. The van der Waals surface area contributed by atoms with E-state index >= 15 is 0 Å².